The minimum absolute atomic E-state index is 0.424. The van der Waals surface area contributed by atoms with Gasteiger partial charge < -0.3 is 4.90 Å². The molecule has 0 bridgehead atoms. The Labute approximate surface area is 113 Å². The van der Waals surface area contributed by atoms with Gasteiger partial charge in [-0.1, -0.05) is 6.07 Å². The average Bonchev–Trinajstić information content (AvgIpc) is 2.56. The molecule has 2 rings (SSSR count). The third kappa shape index (κ3) is 2.24. The largest absolute Gasteiger partial charge is 0.304 e. The van der Waals surface area contributed by atoms with Crippen LogP contribution in [0.15, 0.2) is 22.7 Å². The van der Waals surface area contributed by atoms with Gasteiger partial charge >= 0.3 is 0 Å². The third-order valence-corrected chi connectivity index (χ3v) is 3.61. The lowest BCUT2D eigenvalue weighted by Crippen LogP contribution is -2.30. The van der Waals surface area contributed by atoms with Crippen LogP contribution >= 0.6 is 27.5 Å². The Hall–Kier alpha value is -0.870. The first-order chi connectivity index (χ1) is 8.16. The molecular formula is C12H11BrClNO2. The van der Waals surface area contributed by atoms with Gasteiger partial charge in [0.25, 0.3) is 11.7 Å². The molecular weight excluding hydrogens is 305 g/mol. The Morgan fingerprint density at radius 3 is 2.71 bits per heavy atom. The molecule has 0 saturated heterocycles. The van der Waals surface area contributed by atoms with Gasteiger partial charge in [-0.2, -0.15) is 0 Å². The number of unbranched alkanes of at least 4 members (excludes halogenated alkanes) is 1. The number of halogens is 2. The zero-order valence-corrected chi connectivity index (χ0v) is 11.4. The fraction of sp³-hybridized carbons (Fsp3) is 0.333. The molecule has 0 fully saturated rings. The topological polar surface area (TPSA) is 37.4 Å². The van der Waals surface area contributed by atoms with Crippen molar-refractivity contribution in [2.75, 3.05) is 17.3 Å². The SMILES string of the molecule is O=C1C(=O)N(CCCCCl)c2c(Br)cccc21. The number of benzene rings is 1. The Morgan fingerprint density at radius 2 is 2.00 bits per heavy atom. The second-order valence-electron chi connectivity index (χ2n) is 3.82. The lowest BCUT2D eigenvalue weighted by atomic mass is 10.1. The minimum atomic E-state index is -0.443. The van der Waals surface area contributed by atoms with Crippen molar-refractivity contribution in [2.45, 2.75) is 12.8 Å². The summed E-state index contributed by atoms with van der Waals surface area (Å²) in [4.78, 5) is 25.1. The highest BCUT2D eigenvalue weighted by molar-refractivity contribution is 9.10. The van der Waals surface area contributed by atoms with Crippen molar-refractivity contribution in [1.82, 2.24) is 0 Å². The van der Waals surface area contributed by atoms with Crippen molar-refractivity contribution in [2.24, 2.45) is 0 Å². The summed E-state index contributed by atoms with van der Waals surface area (Å²) in [5.74, 6) is -0.299. The maximum absolute atomic E-state index is 11.8. The van der Waals surface area contributed by atoms with E-state index in [9.17, 15) is 9.59 Å². The molecule has 1 aromatic rings. The molecule has 17 heavy (non-hydrogen) atoms. The zero-order chi connectivity index (χ0) is 12.4. The monoisotopic (exact) mass is 315 g/mol. The molecule has 0 atom stereocenters. The normalized spacial score (nSPS) is 14.4. The van der Waals surface area contributed by atoms with E-state index in [1.54, 1.807) is 12.1 Å². The number of hydrogen-bond donors (Lipinski definition) is 0. The molecule has 5 heteroatoms. The van der Waals surface area contributed by atoms with E-state index in [1.807, 2.05) is 6.07 Å². The molecule has 0 aliphatic carbocycles. The molecule has 90 valence electrons. The van der Waals surface area contributed by atoms with Crippen LogP contribution in [0.5, 0.6) is 0 Å². The molecule has 1 aliphatic heterocycles. The summed E-state index contributed by atoms with van der Waals surface area (Å²) in [6.45, 7) is 0.535. The molecule has 0 aromatic heterocycles. The number of ketones is 1. The first kappa shape index (κ1) is 12.6. The van der Waals surface area contributed by atoms with Crippen molar-refractivity contribution in [3.63, 3.8) is 0 Å². The highest BCUT2D eigenvalue weighted by Gasteiger charge is 2.36. The maximum Gasteiger partial charge on any atom is 0.299 e. The summed E-state index contributed by atoms with van der Waals surface area (Å²) in [7, 11) is 0. The van der Waals surface area contributed by atoms with E-state index in [0.717, 1.165) is 17.3 Å². The van der Waals surface area contributed by atoms with Crippen LogP contribution in [0.4, 0.5) is 5.69 Å². The number of hydrogen-bond acceptors (Lipinski definition) is 2. The number of amides is 1. The Balaban J connectivity index is 2.30. The average molecular weight is 317 g/mol. The second kappa shape index (κ2) is 5.19. The summed E-state index contributed by atoms with van der Waals surface area (Å²) in [5, 5.41) is 0. The highest BCUT2D eigenvalue weighted by atomic mass is 79.9. The lowest BCUT2D eigenvalue weighted by molar-refractivity contribution is -0.114. The number of para-hydroxylation sites is 1. The van der Waals surface area contributed by atoms with Crippen LogP contribution in [0.1, 0.15) is 23.2 Å². The number of carbonyl (C=O) groups is 2. The second-order valence-corrected chi connectivity index (χ2v) is 5.05. The number of nitrogens with zero attached hydrogens (tertiary/aromatic N) is 1. The van der Waals surface area contributed by atoms with Gasteiger partial charge in [-0.05, 0) is 40.9 Å². The van der Waals surface area contributed by atoms with Crippen LogP contribution in [0.3, 0.4) is 0 Å². The molecule has 3 nitrogen and oxygen atoms in total. The molecule has 0 saturated carbocycles. The lowest BCUT2D eigenvalue weighted by Gasteiger charge is -2.17. The molecule has 1 aromatic carbocycles. The van der Waals surface area contributed by atoms with Gasteiger partial charge in [0.1, 0.15) is 0 Å². The van der Waals surface area contributed by atoms with Crippen LogP contribution in [0.25, 0.3) is 0 Å². The van der Waals surface area contributed by atoms with Crippen LogP contribution < -0.4 is 4.90 Å². The van der Waals surface area contributed by atoms with Gasteiger partial charge in [-0.25, -0.2) is 0 Å². The number of Topliss-reactive ketones (excluding diaryl/α,β-unsaturated/α-hetero) is 1. The van der Waals surface area contributed by atoms with Crippen LogP contribution in [0, 0.1) is 0 Å². The van der Waals surface area contributed by atoms with E-state index in [-0.39, 0.29) is 0 Å². The predicted molar refractivity (Wildman–Crippen MR) is 70.8 cm³/mol. The van der Waals surface area contributed by atoms with Gasteiger partial charge in [0, 0.05) is 16.9 Å². The highest BCUT2D eigenvalue weighted by Crippen LogP contribution is 2.35. The van der Waals surface area contributed by atoms with Crippen LogP contribution in [-0.2, 0) is 4.79 Å². The molecule has 0 unspecified atom stereocenters. The van der Waals surface area contributed by atoms with E-state index in [4.69, 9.17) is 11.6 Å². The zero-order valence-electron chi connectivity index (χ0n) is 9.08. The van der Waals surface area contributed by atoms with Crippen LogP contribution in [-0.4, -0.2) is 24.1 Å². The molecule has 1 amide bonds. The smallest absolute Gasteiger partial charge is 0.299 e. The third-order valence-electron chi connectivity index (χ3n) is 2.71. The maximum atomic E-state index is 11.8. The van der Waals surface area contributed by atoms with Gasteiger partial charge in [-0.15, -0.1) is 11.6 Å². The quantitative estimate of drug-likeness (QED) is 0.486. The first-order valence-corrected chi connectivity index (χ1v) is 6.70. The van der Waals surface area contributed by atoms with Crippen LogP contribution in [0.2, 0.25) is 0 Å². The standard InChI is InChI=1S/C12H11BrClNO2/c13-9-5-3-4-8-10(9)15(7-2-1-6-14)12(17)11(8)16/h3-5H,1-2,6-7H2. The molecule has 0 radical (unpaired) electrons. The Kier molecular flexibility index (Phi) is 3.84. The van der Waals surface area contributed by atoms with Crippen molar-refractivity contribution < 1.29 is 9.59 Å². The Bertz CT molecular complexity index is 476. The summed E-state index contributed by atoms with van der Waals surface area (Å²) in [5.41, 5.74) is 1.17. The fourth-order valence-corrected chi connectivity index (χ4v) is 2.66. The fourth-order valence-electron chi connectivity index (χ4n) is 1.89. The van der Waals surface area contributed by atoms with E-state index >= 15 is 0 Å². The summed E-state index contributed by atoms with van der Waals surface area (Å²) >= 11 is 8.98. The van der Waals surface area contributed by atoms with Gasteiger partial charge in [-0.3, -0.25) is 9.59 Å². The molecule has 0 spiro atoms. The van der Waals surface area contributed by atoms with Gasteiger partial charge in [0.05, 0.1) is 11.3 Å². The van der Waals surface area contributed by atoms with E-state index in [0.29, 0.717) is 23.7 Å². The van der Waals surface area contributed by atoms with E-state index in [1.165, 1.54) is 4.90 Å². The van der Waals surface area contributed by atoms with Crippen molar-refractivity contribution in [3.05, 3.63) is 28.2 Å². The first-order valence-electron chi connectivity index (χ1n) is 5.37. The summed E-state index contributed by atoms with van der Waals surface area (Å²) < 4.78 is 0.778. The van der Waals surface area contributed by atoms with Crippen molar-refractivity contribution in [1.29, 1.82) is 0 Å². The number of carbonyl (C=O) groups excluding carboxylic acids is 2. The van der Waals surface area contributed by atoms with E-state index < -0.39 is 11.7 Å². The van der Waals surface area contributed by atoms with E-state index in [2.05, 4.69) is 15.9 Å². The Morgan fingerprint density at radius 1 is 1.24 bits per heavy atom. The van der Waals surface area contributed by atoms with Crippen molar-refractivity contribution >= 4 is 44.9 Å². The van der Waals surface area contributed by atoms with Crippen molar-refractivity contribution in [3.8, 4) is 0 Å². The number of alkyl halides is 1. The number of fused-ring (bicyclic) bond motifs is 1. The predicted octanol–water partition coefficient (Wildman–Crippen LogP) is 3.00. The van der Waals surface area contributed by atoms with Gasteiger partial charge in [0.2, 0.25) is 0 Å². The molecule has 1 heterocycles. The van der Waals surface area contributed by atoms with Gasteiger partial charge in [0.15, 0.2) is 0 Å². The summed E-state index contributed by atoms with van der Waals surface area (Å²) in [6.07, 6.45) is 1.63. The number of anilines is 1. The molecule has 0 N–H and O–H groups in total. The molecule has 1 aliphatic rings. The summed E-state index contributed by atoms with van der Waals surface area (Å²) in [6, 6.07) is 5.28. The number of rotatable bonds is 4. The minimum Gasteiger partial charge on any atom is -0.304 e.